The molecule has 2 heterocycles. The number of hydrogen-bond donors (Lipinski definition) is 2. The number of hydrogen-bond acceptors (Lipinski definition) is 8. The molecule has 12 heteroatoms. The average Bonchev–Trinajstić information content (AvgIpc) is 3.86. The molecular formula is C48H53N5O7. The summed E-state index contributed by atoms with van der Waals surface area (Å²) in [7, 11) is 1.77. The highest BCUT2D eigenvalue weighted by Crippen LogP contribution is 2.38. The summed E-state index contributed by atoms with van der Waals surface area (Å²) in [5.41, 5.74) is 7.51. The molecule has 4 aromatic carbocycles. The Labute approximate surface area is 350 Å². The van der Waals surface area contributed by atoms with E-state index in [-0.39, 0.29) is 18.9 Å². The van der Waals surface area contributed by atoms with Gasteiger partial charge in [0.1, 0.15) is 18.2 Å². The normalized spacial score (nSPS) is 18.4. The summed E-state index contributed by atoms with van der Waals surface area (Å²) >= 11 is 0. The zero-order valence-electron chi connectivity index (χ0n) is 34.7. The van der Waals surface area contributed by atoms with Crippen molar-refractivity contribution < 1.29 is 33.4 Å². The van der Waals surface area contributed by atoms with Crippen LogP contribution >= 0.6 is 0 Å². The van der Waals surface area contributed by atoms with Crippen LogP contribution in [0, 0.1) is 0 Å². The van der Waals surface area contributed by atoms with Gasteiger partial charge >= 0.3 is 12.2 Å². The van der Waals surface area contributed by atoms with E-state index in [2.05, 4.69) is 33.7 Å². The minimum absolute atomic E-state index is 0.0409. The lowest BCUT2D eigenvalue weighted by atomic mass is 9.91. The number of benzene rings is 4. The minimum atomic E-state index is -1.03. The van der Waals surface area contributed by atoms with Crippen molar-refractivity contribution in [3.05, 3.63) is 119 Å². The van der Waals surface area contributed by atoms with Crippen LogP contribution in [0.4, 0.5) is 21.0 Å². The lowest BCUT2D eigenvalue weighted by molar-refractivity contribution is -0.122. The first-order valence-electron chi connectivity index (χ1n) is 20.9. The fourth-order valence-corrected chi connectivity index (χ4v) is 8.83. The van der Waals surface area contributed by atoms with Crippen molar-refractivity contribution in [2.24, 2.45) is 0 Å². The summed E-state index contributed by atoms with van der Waals surface area (Å²) in [5.74, 6) is -0.400. The minimum Gasteiger partial charge on any atom is -0.445 e. The first kappa shape index (κ1) is 40.8. The van der Waals surface area contributed by atoms with Crippen LogP contribution in [0.2, 0.25) is 0 Å². The summed E-state index contributed by atoms with van der Waals surface area (Å²) in [6.07, 6.45) is 5.67. The van der Waals surface area contributed by atoms with Crippen LogP contribution in [0.5, 0.6) is 0 Å². The molecule has 12 nitrogen and oxygen atoms in total. The van der Waals surface area contributed by atoms with Gasteiger partial charge < -0.3 is 29.7 Å². The molecule has 1 saturated heterocycles. The lowest BCUT2D eigenvalue weighted by Crippen LogP contribution is -2.54. The molecule has 2 N–H and O–H groups in total. The fourth-order valence-electron chi connectivity index (χ4n) is 8.83. The highest BCUT2D eigenvalue weighted by atomic mass is 16.6. The predicted octanol–water partition coefficient (Wildman–Crippen LogP) is 8.08. The zero-order valence-corrected chi connectivity index (χ0v) is 34.7. The maximum Gasteiger partial charge on any atom is 0.418 e. The molecule has 312 valence electrons. The Hall–Kier alpha value is -5.98. The van der Waals surface area contributed by atoms with Gasteiger partial charge in [-0.05, 0) is 117 Å². The third kappa shape index (κ3) is 8.95. The van der Waals surface area contributed by atoms with E-state index in [0.29, 0.717) is 41.8 Å². The number of fused-ring (bicyclic) bond motifs is 4. The van der Waals surface area contributed by atoms with Crippen LogP contribution in [0.25, 0.3) is 22.0 Å². The largest absolute Gasteiger partial charge is 0.445 e. The van der Waals surface area contributed by atoms with Gasteiger partial charge in [0.15, 0.2) is 0 Å². The fraction of sp³-hybridized carbons (Fsp3) is 0.375. The molecule has 3 aliphatic rings. The van der Waals surface area contributed by atoms with Crippen molar-refractivity contribution in [2.75, 3.05) is 37.0 Å². The number of carbonyl (C=O) groups is 4. The third-order valence-electron chi connectivity index (χ3n) is 11.9. The Bertz CT molecular complexity index is 2390. The molecule has 0 bridgehead atoms. The van der Waals surface area contributed by atoms with E-state index < -0.39 is 29.7 Å². The van der Waals surface area contributed by atoms with Crippen molar-refractivity contribution in [3.63, 3.8) is 0 Å². The molecule has 8 rings (SSSR count). The summed E-state index contributed by atoms with van der Waals surface area (Å²) in [5, 5.41) is 6.46. The maximum absolute atomic E-state index is 14.2. The monoisotopic (exact) mass is 811 g/mol. The van der Waals surface area contributed by atoms with Gasteiger partial charge in [0.2, 0.25) is 11.8 Å². The van der Waals surface area contributed by atoms with Crippen molar-refractivity contribution in [1.29, 1.82) is 0 Å². The van der Waals surface area contributed by atoms with E-state index in [0.717, 1.165) is 66.6 Å². The second-order valence-electron chi connectivity index (χ2n) is 17.0. The number of anilines is 2. The van der Waals surface area contributed by atoms with Gasteiger partial charge in [-0.2, -0.15) is 0 Å². The first-order chi connectivity index (χ1) is 28.9. The Morgan fingerprint density at radius 3 is 2.35 bits per heavy atom. The van der Waals surface area contributed by atoms with Gasteiger partial charge in [0.25, 0.3) is 0 Å². The van der Waals surface area contributed by atoms with Crippen LogP contribution in [-0.2, 0) is 43.2 Å². The second-order valence-corrected chi connectivity index (χ2v) is 17.0. The van der Waals surface area contributed by atoms with E-state index in [4.69, 9.17) is 14.2 Å². The number of amides is 3. The molecule has 1 atom stereocenters. The molecule has 60 heavy (non-hydrogen) atoms. The molecule has 0 radical (unpaired) electrons. The number of carbonyl (C=O) groups excluding carboxylic acids is 4. The Morgan fingerprint density at radius 1 is 0.850 bits per heavy atom. The SMILES string of the molecule is COC1CCC(N2CCN(c3ccc(C[C@H](NC(=O)OCc4cccc5c4Cc4ccccc4-5)C(=O)Nc4cccc5c4ccn5C(=O)OC(C)(C)C)cc3)C(=O)C2)CC1. The summed E-state index contributed by atoms with van der Waals surface area (Å²) < 4.78 is 18.3. The van der Waals surface area contributed by atoms with Gasteiger partial charge in [0.05, 0.1) is 23.9 Å². The number of piperazine rings is 1. The molecule has 1 aromatic heterocycles. The first-order valence-corrected chi connectivity index (χ1v) is 20.9. The quantitative estimate of drug-likeness (QED) is 0.142. The molecule has 1 saturated carbocycles. The van der Waals surface area contributed by atoms with E-state index >= 15 is 0 Å². The highest BCUT2D eigenvalue weighted by Gasteiger charge is 2.33. The molecule has 3 amide bonds. The van der Waals surface area contributed by atoms with E-state index in [1.807, 2.05) is 53.4 Å². The van der Waals surface area contributed by atoms with Gasteiger partial charge in [-0.1, -0.05) is 60.7 Å². The lowest BCUT2D eigenvalue weighted by Gasteiger charge is -2.41. The molecular weight excluding hydrogens is 759 g/mol. The summed E-state index contributed by atoms with van der Waals surface area (Å²) in [6.45, 7) is 7.22. The van der Waals surface area contributed by atoms with Crippen LogP contribution in [0.15, 0.2) is 97.2 Å². The van der Waals surface area contributed by atoms with Crippen molar-refractivity contribution in [2.45, 2.75) is 89.7 Å². The van der Waals surface area contributed by atoms with E-state index in [1.54, 1.807) is 58.3 Å². The molecule has 0 spiro atoms. The topological polar surface area (TPSA) is 131 Å². The summed E-state index contributed by atoms with van der Waals surface area (Å²) in [4.78, 5) is 58.3. The van der Waals surface area contributed by atoms with E-state index in [9.17, 15) is 19.2 Å². The molecule has 5 aromatic rings. The zero-order chi connectivity index (χ0) is 42.0. The van der Waals surface area contributed by atoms with Crippen molar-refractivity contribution in [3.8, 4) is 11.1 Å². The molecule has 2 aliphatic carbocycles. The highest BCUT2D eigenvalue weighted by molar-refractivity contribution is 6.05. The number of aromatic nitrogens is 1. The summed E-state index contributed by atoms with van der Waals surface area (Å²) in [6, 6.07) is 28.2. The molecule has 0 unspecified atom stereocenters. The molecule has 2 fully saturated rings. The van der Waals surface area contributed by atoms with Gasteiger partial charge in [0, 0.05) is 49.9 Å². The average molecular weight is 812 g/mol. The smallest absolute Gasteiger partial charge is 0.418 e. The van der Waals surface area contributed by atoms with Gasteiger partial charge in [-0.3, -0.25) is 19.1 Å². The van der Waals surface area contributed by atoms with Gasteiger partial charge in [-0.15, -0.1) is 0 Å². The number of alkyl carbamates (subject to hydrolysis) is 1. The Morgan fingerprint density at radius 2 is 1.60 bits per heavy atom. The predicted molar refractivity (Wildman–Crippen MR) is 231 cm³/mol. The van der Waals surface area contributed by atoms with E-state index in [1.165, 1.54) is 15.7 Å². The standard InChI is InChI=1S/C48H53N5O7/c1-48(2,3)60-47(57)53-24-23-39-41(13-8-14-43(39)53)49-45(55)42(50-46(56)59-30-33-10-7-12-38-37-11-6-5-9-32(37)28-40(33)38)27-31-15-17-35(18-16-31)52-26-25-51(29-44(52)54)34-19-21-36(58-4)22-20-34/h5-18,23-24,34,36,42H,19-22,25-30H2,1-4H3,(H,49,55)(H,50,56)/t34?,36?,42-/m0/s1. The Balaban J connectivity index is 0.970. The third-order valence-corrected chi connectivity index (χ3v) is 11.9. The van der Waals surface area contributed by atoms with Gasteiger partial charge in [-0.25, -0.2) is 9.59 Å². The number of ether oxygens (including phenoxy) is 3. The number of nitrogens with zero attached hydrogens (tertiary/aromatic N) is 3. The maximum atomic E-state index is 14.2. The second kappa shape index (κ2) is 17.3. The van der Waals surface area contributed by atoms with Crippen LogP contribution in [0.1, 0.15) is 68.7 Å². The number of methoxy groups -OCH3 is 1. The van der Waals surface area contributed by atoms with Crippen molar-refractivity contribution >= 4 is 46.3 Å². The van der Waals surface area contributed by atoms with Crippen LogP contribution < -0.4 is 15.5 Å². The van der Waals surface area contributed by atoms with Crippen LogP contribution in [-0.4, -0.2) is 84.0 Å². The number of nitrogens with one attached hydrogen (secondary N) is 2. The number of rotatable bonds is 10. The molecule has 1 aliphatic heterocycles. The van der Waals surface area contributed by atoms with Crippen molar-refractivity contribution in [1.82, 2.24) is 14.8 Å². The van der Waals surface area contributed by atoms with Crippen LogP contribution in [0.3, 0.4) is 0 Å². The Kier molecular flexibility index (Phi) is 11.8.